The molecule has 0 bridgehead atoms. The summed E-state index contributed by atoms with van der Waals surface area (Å²) < 4.78 is 25.9. The second-order valence-corrected chi connectivity index (χ2v) is 6.84. The number of aromatic carboxylic acids is 1. The molecule has 0 unspecified atom stereocenters. The van der Waals surface area contributed by atoms with E-state index >= 15 is 0 Å². The lowest BCUT2D eigenvalue weighted by molar-refractivity contribution is 0.0696. The highest BCUT2D eigenvalue weighted by Crippen LogP contribution is 2.24. The summed E-state index contributed by atoms with van der Waals surface area (Å²) in [6.45, 7) is 3.25. The van der Waals surface area contributed by atoms with Crippen LogP contribution in [0.4, 0.5) is 5.82 Å². The van der Waals surface area contributed by atoms with E-state index in [1.165, 1.54) is 15.2 Å². The van der Waals surface area contributed by atoms with Gasteiger partial charge in [0.25, 0.3) is 0 Å². The van der Waals surface area contributed by atoms with Gasteiger partial charge in [-0.15, -0.1) is 0 Å². The zero-order valence-electron chi connectivity index (χ0n) is 11.7. The third-order valence-corrected chi connectivity index (χ3v) is 4.72. The maximum atomic E-state index is 11.5. The molecule has 1 aromatic heterocycles. The molecule has 1 aliphatic heterocycles. The van der Waals surface area contributed by atoms with E-state index in [9.17, 15) is 18.3 Å². The number of aryl methyl sites for hydroxylation is 2. The molecule has 20 heavy (non-hydrogen) atoms. The SMILES string of the molecule is Cc1nn(C)c(N2CCN(S(C)(=O)=O)CC2)c1C(=O)O. The minimum atomic E-state index is -3.19. The molecule has 0 aliphatic carbocycles. The highest BCUT2D eigenvalue weighted by Gasteiger charge is 2.29. The van der Waals surface area contributed by atoms with Gasteiger partial charge in [0.2, 0.25) is 10.0 Å². The van der Waals surface area contributed by atoms with Crippen LogP contribution < -0.4 is 4.90 Å². The number of nitrogens with zero attached hydrogens (tertiary/aromatic N) is 4. The van der Waals surface area contributed by atoms with Crippen LogP contribution in [0.25, 0.3) is 0 Å². The third-order valence-electron chi connectivity index (χ3n) is 3.41. The number of sulfonamides is 1. The smallest absolute Gasteiger partial charge is 0.341 e. The number of anilines is 1. The Morgan fingerprint density at radius 1 is 1.25 bits per heavy atom. The molecule has 0 radical (unpaired) electrons. The molecule has 9 heteroatoms. The van der Waals surface area contributed by atoms with Crippen LogP contribution in [0.5, 0.6) is 0 Å². The van der Waals surface area contributed by atoms with Crippen LogP contribution >= 0.6 is 0 Å². The van der Waals surface area contributed by atoms with Gasteiger partial charge in [0.05, 0.1) is 11.9 Å². The summed E-state index contributed by atoms with van der Waals surface area (Å²) in [5.74, 6) is -0.487. The fourth-order valence-electron chi connectivity index (χ4n) is 2.49. The third kappa shape index (κ3) is 2.63. The summed E-state index contributed by atoms with van der Waals surface area (Å²) in [4.78, 5) is 13.2. The number of carbonyl (C=O) groups is 1. The Morgan fingerprint density at radius 2 is 1.80 bits per heavy atom. The molecule has 1 fully saturated rings. The van der Waals surface area contributed by atoms with Crippen molar-refractivity contribution in [2.45, 2.75) is 6.92 Å². The summed E-state index contributed by atoms with van der Waals surface area (Å²) in [7, 11) is -1.50. The number of aromatic nitrogens is 2. The molecule has 0 amide bonds. The first-order valence-electron chi connectivity index (χ1n) is 6.18. The Balaban J connectivity index is 2.26. The molecule has 0 saturated carbocycles. The Labute approximate surface area is 117 Å². The van der Waals surface area contributed by atoms with E-state index in [0.29, 0.717) is 37.7 Å². The molecule has 1 saturated heterocycles. The summed E-state index contributed by atoms with van der Waals surface area (Å²) in [6.07, 6.45) is 1.18. The van der Waals surface area contributed by atoms with Crippen LogP contribution in [0.1, 0.15) is 16.1 Å². The Hall–Kier alpha value is -1.61. The lowest BCUT2D eigenvalue weighted by atomic mass is 10.2. The van der Waals surface area contributed by atoms with Gasteiger partial charge >= 0.3 is 5.97 Å². The number of carboxylic acids is 1. The summed E-state index contributed by atoms with van der Waals surface area (Å²) in [5.41, 5.74) is 0.640. The molecule has 2 rings (SSSR count). The topological polar surface area (TPSA) is 95.7 Å². The fraction of sp³-hybridized carbons (Fsp3) is 0.636. The molecule has 1 aromatic rings. The molecule has 1 N–H and O–H groups in total. The van der Waals surface area contributed by atoms with E-state index in [1.54, 1.807) is 14.0 Å². The molecule has 0 aromatic carbocycles. The molecule has 0 spiro atoms. The van der Waals surface area contributed by atoms with E-state index < -0.39 is 16.0 Å². The fourth-order valence-corrected chi connectivity index (χ4v) is 3.32. The quantitative estimate of drug-likeness (QED) is 0.809. The Bertz CT molecular complexity index is 629. The van der Waals surface area contributed by atoms with E-state index in [4.69, 9.17) is 0 Å². The Morgan fingerprint density at radius 3 is 2.25 bits per heavy atom. The van der Waals surface area contributed by atoms with Crippen LogP contribution in [-0.4, -0.2) is 66.0 Å². The molecular weight excluding hydrogens is 284 g/mol. The molecule has 0 atom stereocenters. The molecule has 8 nitrogen and oxygen atoms in total. The van der Waals surface area contributed by atoms with Gasteiger partial charge in [-0.1, -0.05) is 0 Å². The predicted molar refractivity (Wildman–Crippen MR) is 73.5 cm³/mol. The maximum absolute atomic E-state index is 11.5. The number of hydrogen-bond donors (Lipinski definition) is 1. The van der Waals surface area contributed by atoms with Crippen molar-refractivity contribution in [1.82, 2.24) is 14.1 Å². The van der Waals surface area contributed by atoms with Crippen LogP contribution in [-0.2, 0) is 17.1 Å². The zero-order chi connectivity index (χ0) is 15.1. The zero-order valence-corrected chi connectivity index (χ0v) is 12.5. The van der Waals surface area contributed by atoms with Crippen LogP contribution in [0.3, 0.4) is 0 Å². The van der Waals surface area contributed by atoms with Gasteiger partial charge in [-0.25, -0.2) is 13.2 Å². The minimum Gasteiger partial charge on any atom is -0.477 e. The second-order valence-electron chi connectivity index (χ2n) is 4.86. The standard InChI is InChI=1S/C11H18N4O4S/c1-8-9(11(16)17)10(13(2)12-8)14-4-6-15(7-5-14)20(3,18)19/h4-7H2,1-3H3,(H,16,17). The summed E-state index contributed by atoms with van der Waals surface area (Å²) in [6, 6.07) is 0. The number of piperazine rings is 1. The number of hydrogen-bond acceptors (Lipinski definition) is 5. The first-order valence-corrected chi connectivity index (χ1v) is 8.03. The van der Waals surface area contributed by atoms with Gasteiger partial charge in [-0.3, -0.25) is 4.68 Å². The second kappa shape index (κ2) is 5.06. The molecule has 112 valence electrons. The van der Waals surface area contributed by atoms with Crippen molar-refractivity contribution < 1.29 is 18.3 Å². The predicted octanol–water partition coefficient (Wildman–Crippen LogP) is -0.492. The van der Waals surface area contributed by atoms with Crippen molar-refractivity contribution in [1.29, 1.82) is 0 Å². The average Bonchev–Trinajstić information content (AvgIpc) is 2.63. The van der Waals surface area contributed by atoms with Crippen LogP contribution in [0, 0.1) is 6.92 Å². The molecular formula is C11H18N4O4S. The van der Waals surface area contributed by atoms with Gasteiger partial charge in [-0.2, -0.15) is 9.40 Å². The van der Waals surface area contributed by atoms with E-state index in [0.717, 1.165) is 0 Å². The van der Waals surface area contributed by atoms with Crippen molar-refractivity contribution in [3.63, 3.8) is 0 Å². The largest absolute Gasteiger partial charge is 0.477 e. The highest BCUT2D eigenvalue weighted by atomic mass is 32.2. The Kier molecular flexibility index (Phi) is 3.74. The van der Waals surface area contributed by atoms with Crippen molar-refractivity contribution >= 4 is 21.8 Å². The van der Waals surface area contributed by atoms with Crippen molar-refractivity contribution in [2.75, 3.05) is 37.3 Å². The normalized spacial score (nSPS) is 17.4. The van der Waals surface area contributed by atoms with Crippen LogP contribution in [0.15, 0.2) is 0 Å². The lowest BCUT2D eigenvalue weighted by Gasteiger charge is -2.34. The molecule has 2 heterocycles. The molecule has 1 aliphatic rings. The van der Waals surface area contributed by atoms with Gasteiger partial charge in [-0.05, 0) is 6.92 Å². The summed E-state index contributed by atoms with van der Waals surface area (Å²) >= 11 is 0. The first-order chi connectivity index (χ1) is 9.21. The highest BCUT2D eigenvalue weighted by molar-refractivity contribution is 7.88. The van der Waals surface area contributed by atoms with E-state index in [2.05, 4.69) is 5.10 Å². The van der Waals surface area contributed by atoms with Crippen molar-refractivity contribution in [3.05, 3.63) is 11.3 Å². The average molecular weight is 302 g/mol. The lowest BCUT2D eigenvalue weighted by Crippen LogP contribution is -2.49. The van der Waals surface area contributed by atoms with Crippen LogP contribution in [0.2, 0.25) is 0 Å². The van der Waals surface area contributed by atoms with Gasteiger partial charge in [0.15, 0.2) is 0 Å². The number of rotatable bonds is 3. The van der Waals surface area contributed by atoms with Gasteiger partial charge < -0.3 is 10.0 Å². The maximum Gasteiger partial charge on any atom is 0.341 e. The van der Waals surface area contributed by atoms with Crippen molar-refractivity contribution in [3.8, 4) is 0 Å². The summed E-state index contributed by atoms with van der Waals surface area (Å²) in [5, 5.41) is 13.4. The van der Waals surface area contributed by atoms with E-state index in [1.807, 2.05) is 4.90 Å². The van der Waals surface area contributed by atoms with Crippen molar-refractivity contribution in [2.24, 2.45) is 7.05 Å². The van der Waals surface area contributed by atoms with E-state index in [-0.39, 0.29) is 5.56 Å². The monoisotopic (exact) mass is 302 g/mol. The number of carboxylic acid groups (broad SMARTS) is 1. The van der Waals surface area contributed by atoms with Gasteiger partial charge in [0.1, 0.15) is 11.4 Å². The van der Waals surface area contributed by atoms with Gasteiger partial charge in [0, 0.05) is 33.2 Å². The first kappa shape index (κ1) is 14.8. The minimum absolute atomic E-state index is 0.181.